The number of halogens is 1. The van der Waals surface area contributed by atoms with Gasteiger partial charge in [-0.3, -0.25) is 4.99 Å². The Kier molecular flexibility index (Phi) is 5.98. The van der Waals surface area contributed by atoms with Crippen molar-refractivity contribution in [1.82, 2.24) is 0 Å². The van der Waals surface area contributed by atoms with Crippen molar-refractivity contribution in [3.8, 4) is 5.75 Å². The number of hydrogen-bond donors (Lipinski definition) is 2. The maximum Gasteiger partial charge on any atom is 0.124 e. The molecule has 0 atom stereocenters. The van der Waals surface area contributed by atoms with Gasteiger partial charge < -0.3 is 15.1 Å². The molecular formula is C17H19BrN2O2. The van der Waals surface area contributed by atoms with Crippen LogP contribution in [0.15, 0.2) is 51.9 Å². The highest BCUT2D eigenvalue weighted by molar-refractivity contribution is 9.10. The highest BCUT2D eigenvalue weighted by atomic mass is 79.9. The van der Waals surface area contributed by atoms with Crippen LogP contribution in [-0.2, 0) is 0 Å². The zero-order valence-corrected chi connectivity index (χ0v) is 14.0. The third-order valence-electron chi connectivity index (χ3n) is 3.31. The van der Waals surface area contributed by atoms with Crippen LogP contribution in [0, 0.1) is 0 Å². The van der Waals surface area contributed by atoms with Crippen LogP contribution in [0.5, 0.6) is 5.75 Å². The van der Waals surface area contributed by atoms with Crippen LogP contribution < -0.4 is 4.90 Å². The molecule has 0 unspecified atom stereocenters. The Morgan fingerprint density at radius 1 is 1.18 bits per heavy atom. The second-order valence-electron chi connectivity index (χ2n) is 4.78. The molecule has 0 saturated heterocycles. The summed E-state index contributed by atoms with van der Waals surface area (Å²) in [6.45, 7) is 3.65. The lowest BCUT2D eigenvalue weighted by Gasteiger charge is -2.21. The Balaban J connectivity index is 2.13. The predicted molar refractivity (Wildman–Crippen MR) is 94.5 cm³/mol. The first-order chi connectivity index (χ1) is 10.6. The van der Waals surface area contributed by atoms with Crippen LogP contribution in [0.1, 0.15) is 12.5 Å². The topological polar surface area (TPSA) is 56.1 Å². The highest BCUT2D eigenvalue weighted by Crippen LogP contribution is 2.23. The van der Waals surface area contributed by atoms with Crippen molar-refractivity contribution in [2.45, 2.75) is 6.92 Å². The highest BCUT2D eigenvalue weighted by Gasteiger charge is 2.03. The quantitative estimate of drug-likeness (QED) is 0.769. The van der Waals surface area contributed by atoms with E-state index >= 15 is 0 Å². The van der Waals surface area contributed by atoms with E-state index in [0.29, 0.717) is 12.1 Å². The van der Waals surface area contributed by atoms with Crippen molar-refractivity contribution in [2.75, 3.05) is 24.6 Å². The van der Waals surface area contributed by atoms with Gasteiger partial charge in [-0.15, -0.1) is 0 Å². The molecule has 0 aliphatic heterocycles. The third kappa shape index (κ3) is 4.32. The molecule has 5 heteroatoms. The molecule has 2 aromatic carbocycles. The number of nitrogens with zero attached hydrogens (tertiary/aromatic N) is 2. The average Bonchev–Trinajstić information content (AvgIpc) is 2.54. The van der Waals surface area contributed by atoms with Gasteiger partial charge in [-0.25, -0.2) is 0 Å². The summed E-state index contributed by atoms with van der Waals surface area (Å²) in [6.07, 6.45) is 1.64. The van der Waals surface area contributed by atoms with Crippen LogP contribution in [-0.4, -0.2) is 36.1 Å². The van der Waals surface area contributed by atoms with Gasteiger partial charge in [0.15, 0.2) is 0 Å². The minimum absolute atomic E-state index is 0.135. The second-order valence-corrected chi connectivity index (χ2v) is 5.70. The molecule has 0 fully saturated rings. The van der Waals surface area contributed by atoms with Crippen molar-refractivity contribution in [3.05, 3.63) is 52.5 Å². The third-order valence-corrected chi connectivity index (χ3v) is 3.80. The van der Waals surface area contributed by atoms with Crippen LogP contribution >= 0.6 is 15.9 Å². The Hall–Kier alpha value is -1.85. The molecule has 0 radical (unpaired) electrons. The van der Waals surface area contributed by atoms with E-state index in [1.165, 1.54) is 0 Å². The van der Waals surface area contributed by atoms with Gasteiger partial charge in [0.25, 0.3) is 0 Å². The van der Waals surface area contributed by atoms with Crippen LogP contribution in [0.25, 0.3) is 0 Å². The van der Waals surface area contributed by atoms with Crippen LogP contribution in [0.4, 0.5) is 11.4 Å². The molecule has 4 nitrogen and oxygen atoms in total. The molecule has 0 aliphatic carbocycles. The lowest BCUT2D eigenvalue weighted by atomic mass is 10.2. The summed E-state index contributed by atoms with van der Waals surface area (Å²) in [5, 5.41) is 18.8. The number of rotatable bonds is 6. The first kappa shape index (κ1) is 16.5. The number of phenols is 1. The van der Waals surface area contributed by atoms with E-state index in [4.69, 9.17) is 5.11 Å². The molecule has 0 spiro atoms. The number of likely N-dealkylation sites (N-methyl/N-ethyl adjacent to an activating group) is 1. The molecule has 0 bridgehead atoms. The smallest absolute Gasteiger partial charge is 0.124 e. The summed E-state index contributed by atoms with van der Waals surface area (Å²) in [7, 11) is 0. The Bertz CT molecular complexity index is 642. The first-order valence-corrected chi connectivity index (χ1v) is 7.91. The van der Waals surface area contributed by atoms with Crippen molar-refractivity contribution in [3.63, 3.8) is 0 Å². The number of aliphatic imine (C=N–C) groups is 1. The van der Waals surface area contributed by atoms with Crippen molar-refractivity contribution in [2.24, 2.45) is 4.99 Å². The van der Waals surface area contributed by atoms with E-state index in [0.717, 1.165) is 22.4 Å². The molecule has 2 N–H and O–H groups in total. The fourth-order valence-corrected chi connectivity index (χ4v) is 2.49. The molecule has 0 aliphatic rings. The molecule has 0 saturated carbocycles. The Morgan fingerprint density at radius 3 is 2.55 bits per heavy atom. The zero-order valence-electron chi connectivity index (χ0n) is 12.4. The number of benzene rings is 2. The molecule has 0 amide bonds. The lowest BCUT2D eigenvalue weighted by Crippen LogP contribution is -2.25. The summed E-state index contributed by atoms with van der Waals surface area (Å²) < 4.78 is 0.893. The summed E-state index contributed by atoms with van der Waals surface area (Å²) in [5.41, 5.74) is 2.53. The zero-order chi connectivity index (χ0) is 15.9. The standard InChI is InChI=1S/C17H19BrN2O2/c1-2-20(9-10-21)16-6-4-15(5-7-16)19-12-13-11-14(18)3-8-17(13)22/h3-8,11-12,21-22H,2,9-10H2,1H3. The summed E-state index contributed by atoms with van der Waals surface area (Å²) in [6, 6.07) is 13.0. The van der Waals surface area contributed by atoms with Gasteiger partial charge in [0.2, 0.25) is 0 Å². The van der Waals surface area contributed by atoms with Gasteiger partial charge in [-0.2, -0.15) is 0 Å². The molecule has 116 valence electrons. The largest absolute Gasteiger partial charge is 0.507 e. The van der Waals surface area contributed by atoms with Crippen molar-refractivity contribution < 1.29 is 10.2 Å². The first-order valence-electron chi connectivity index (χ1n) is 7.12. The van der Waals surface area contributed by atoms with Crippen LogP contribution in [0.3, 0.4) is 0 Å². The number of aromatic hydroxyl groups is 1. The van der Waals surface area contributed by atoms with Gasteiger partial charge in [-0.05, 0) is 49.4 Å². The van der Waals surface area contributed by atoms with E-state index in [2.05, 4.69) is 32.7 Å². The summed E-state index contributed by atoms with van der Waals surface area (Å²) in [5.74, 6) is 0.198. The number of hydrogen-bond acceptors (Lipinski definition) is 4. The van der Waals surface area contributed by atoms with E-state index in [9.17, 15) is 5.11 Å². The summed E-state index contributed by atoms with van der Waals surface area (Å²) >= 11 is 3.37. The summed E-state index contributed by atoms with van der Waals surface area (Å²) in [4.78, 5) is 6.47. The fraction of sp³-hybridized carbons (Fsp3) is 0.235. The Morgan fingerprint density at radius 2 is 1.91 bits per heavy atom. The number of aliphatic hydroxyl groups is 1. The minimum atomic E-state index is 0.135. The van der Waals surface area contributed by atoms with Gasteiger partial charge in [0.05, 0.1) is 12.3 Å². The normalized spacial score (nSPS) is 11.0. The van der Waals surface area contributed by atoms with Crippen molar-refractivity contribution >= 4 is 33.5 Å². The van der Waals surface area contributed by atoms with E-state index in [-0.39, 0.29) is 12.4 Å². The van der Waals surface area contributed by atoms with E-state index in [1.807, 2.05) is 30.3 Å². The molecular weight excluding hydrogens is 344 g/mol. The maximum absolute atomic E-state index is 9.78. The minimum Gasteiger partial charge on any atom is -0.507 e. The van der Waals surface area contributed by atoms with Crippen LogP contribution in [0.2, 0.25) is 0 Å². The van der Waals surface area contributed by atoms with Gasteiger partial charge in [0, 0.05) is 35.0 Å². The molecule has 22 heavy (non-hydrogen) atoms. The SMILES string of the molecule is CCN(CCO)c1ccc(N=Cc2cc(Br)ccc2O)cc1. The average molecular weight is 363 g/mol. The number of aliphatic hydroxyl groups excluding tert-OH is 1. The predicted octanol–water partition coefficient (Wildman–Crippen LogP) is 3.72. The lowest BCUT2D eigenvalue weighted by molar-refractivity contribution is 0.302. The van der Waals surface area contributed by atoms with E-state index in [1.54, 1.807) is 18.3 Å². The molecule has 0 aromatic heterocycles. The second kappa shape index (κ2) is 7.96. The Labute approximate surface area is 138 Å². The number of phenolic OH excluding ortho intramolecular Hbond substituents is 1. The maximum atomic E-state index is 9.78. The van der Waals surface area contributed by atoms with E-state index < -0.39 is 0 Å². The monoisotopic (exact) mass is 362 g/mol. The number of anilines is 1. The molecule has 2 aromatic rings. The fourth-order valence-electron chi connectivity index (χ4n) is 2.11. The van der Waals surface area contributed by atoms with Crippen molar-refractivity contribution in [1.29, 1.82) is 0 Å². The molecule has 0 heterocycles. The molecule has 2 rings (SSSR count). The van der Waals surface area contributed by atoms with Gasteiger partial charge in [-0.1, -0.05) is 15.9 Å². The van der Waals surface area contributed by atoms with Gasteiger partial charge in [0.1, 0.15) is 5.75 Å². The van der Waals surface area contributed by atoms with Gasteiger partial charge >= 0.3 is 0 Å².